The molecule has 0 radical (unpaired) electrons. The molecule has 84 valence electrons. The number of H-pyrrole nitrogens is 1. The van der Waals surface area contributed by atoms with Gasteiger partial charge in [-0.3, -0.25) is 0 Å². The van der Waals surface area contributed by atoms with Gasteiger partial charge in [-0.05, 0) is 55.4 Å². The summed E-state index contributed by atoms with van der Waals surface area (Å²) in [6.45, 7) is 2.28. The Morgan fingerprint density at radius 2 is 2.31 bits per heavy atom. The Balaban J connectivity index is 2.24. The number of aryl methyl sites for hydroxylation is 1. The number of hydrogen-bond acceptors (Lipinski definition) is 0. The fraction of sp³-hybridized carbons (Fsp3) is 0.429. The van der Waals surface area contributed by atoms with Crippen molar-refractivity contribution in [1.82, 2.24) is 4.98 Å². The maximum atomic E-state index is 6.07. The third-order valence-electron chi connectivity index (χ3n) is 3.78. The van der Waals surface area contributed by atoms with Gasteiger partial charge < -0.3 is 4.98 Å². The van der Waals surface area contributed by atoms with E-state index in [0.717, 1.165) is 10.9 Å². The molecule has 0 amide bonds. The van der Waals surface area contributed by atoms with E-state index in [2.05, 4.69) is 24.0 Å². The predicted molar refractivity (Wildman–Crippen MR) is 69.3 cm³/mol. The summed E-state index contributed by atoms with van der Waals surface area (Å²) in [6.07, 6.45) is 5.06. The second-order valence-electron chi connectivity index (χ2n) is 4.70. The number of aromatic nitrogens is 1. The molecule has 1 atom stereocenters. The fourth-order valence-corrected chi connectivity index (χ4v) is 3.11. The van der Waals surface area contributed by atoms with Gasteiger partial charge in [-0.15, -0.1) is 0 Å². The summed E-state index contributed by atoms with van der Waals surface area (Å²) < 4.78 is 0. The van der Waals surface area contributed by atoms with Crippen molar-refractivity contribution in [3.05, 3.63) is 34.5 Å². The molecule has 1 aromatic heterocycles. The molecule has 0 aliphatic heterocycles. The van der Waals surface area contributed by atoms with Crippen LogP contribution in [0, 0.1) is 0 Å². The van der Waals surface area contributed by atoms with Crippen LogP contribution in [0.15, 0.2) is 18.2 Å². The van der Waals surface area contributed by atoms with Crippen LogP contribution in [0.2, 0.25) is 5.02 Å². The summed E-state index contributed by atoms with van der Waals surface area (Å²) in [4.78, 5) is 3.59. The Bertz CT molecular complexity index is 527. The van der Waals surface area contributed by atoms with Crippen molar-refractivity contribution in [2.45, 2.75) is 38.5 Å². The minimum Gasteiger partial charge on any atom is -0.358 e. The monoisotopic (exact) mass is 233 g/mol. The Morgan fingerprint density at radius 1 is 1.44 bits per heavy atom. The van der Waals surface area contributed by atoms with Crippen molar-refractivity contribution >= 4 is 22.5 Å². The highest BCUT2D eigenvalue weighted by Crippen LogP contribution is 2.38. The Kier molecular flexibility index (Phi) is 2.44. The number of aromatic amines is 1. The van der Waals surface area contributed by atoms with Gasteiger partial charge in [0.1, 0.15) is 0 Å². The van der Waals surface area contributed by atoms with Crippen LogP contribution in [0.1, 0.15) is 43.4 Å². The topological polar surface area (TPSA) is 15.8 Å². The lowest BCUT2D eigenvalue weighted by Gasteiger charge is -2.21. The van der Waals surface area contributed by atoms with Gasteiger partial charge in [-0.25, -0.2) is 0 Å². The second kappa shape index (κ2) is 3.81. The quantitative estimate of drug-likeness (QED) is 0.738. The Morgan fingerprint density at radius 3 is 3.12 bits per heavy atom. The lowest BCUT2D eigenvalue weighted by Crippen LogP contribution is -2.07. The molecule has 2 aromatic rings. The highest BCUT2D eigenvalue weighted by Gasteiger charge is 2.22. The summed E-state index contributed by atoms with van der Waals surface area (Å²) >= 11 is 6.07. The van der Waals surface area contributed by atoms with E-state index in [4.69, 9.17) is 11.6 Å². The molecule has 1 nitrogen and oxygen atoms in total. The minimum atomic E-state index is 0.718. The summed E-state index contributed by atoms with van der Waals surface area (Å²) in [5, 5.41) is 2.17. The van der Waals surface area contributed by atoms with Gasteiger partial charge in [0.25, 0.3) is 0 Å². The molecule has 1 aliphatic rings. The Hall–Kier alpha value is -0.950. The molecule has 0 saturated heterocycles. The van der Waals surface area contributed by atoms with Crippen molar-refractivity contribution in [1.29, 1.82) is 0 Å². The average Bonchev–Trinajstić information content (AvgIpc) is 2.67. The predicted octanol–water partition coefficient (Wildman–Crippen LogP) is 4.65. The Labute approximate surface area is 101 Å². The summed E-state index contributed by atoms with van der Waals surface area (Å²) in [5.41, 5.74) is 4.22. The first-order valence-corrected chi connectivity index (χ1v) is 6.47. The highest BCUT2D eigenvalue weighted by atomic mass is 35.5. The van der Waals surface area contributed by atoms with E-state index >= 15 is 0 Å². The van der Waals surface area contributed by atoms with Crippen LogP contribution in [-0.2, 0) is 6.42 Å². The molecule has 1 N–H and O–H groups in total. The first-order valence-electron chi connectivity index (χ1n) is 6.09. The zero-order valence-corrected chi connectivity index (χ0v) is 10.3. The summed E-state index contributed by atoms with van der Waals surface area (Å²) in [6, 6.07) is 6.17. The molecule has 0 saturated carbocycles. The van der Waals surface area contributed by atoms with Gasteiger partial charge in [0.2, 0.25) is 0 Å². The van der Waals surface area contributed by atoms with Crippen LogP contribution in [0.4, 0.5) is 0 Å². The van der Waals surface area contributed by atoms with E-state index in [-0.39, 0.29) is 0 Å². The van der Waals surface area contributed by atoms with E-state index in [9.17, 15) is 0 Å². The largest absolute Gasteiger partial charge is 0.358 e. The van der Waals surface area contributed by atoms with Crippen LogP contribution in [0.25, 0.3) is 10.9 Å². The third-order valence-corrected chi connectivity index (χ3v) is 4.02. The maximum absolute atomic E-state index is 6.07. The molecular formula is C14H16ClN. The van der Waals surface area contributed by atoms with Gasteiger partial charge in [-0.1, -0.05) is 18.5 Å². The molecule has 1 heterocycles. The second-order valence-corrected chi connectivity index (χ2v) is 5.14. The summed E-state index contributed by atoms with van der Waals surface area (Å²) in [7, 11) is 0. The molecule has 3 rings (SSSR count). The highest BCUT2D eigenvalue weighted by molar-refractivity contribution is 6.31. The van der Waals surface area contributed by atoms with Crippen LogP contribution in [0.3, 0.4) is 0 Å². The zero-order valence-electron chi connectivity index (χ0n) is 9.52. The van der Waals surface area contributed by atoms with E-state index in [0.29, 0.717) is 0 Å². The summed E-state index contributed by atoms with van der Waals surface area (Å²) in [5.74, 6) is 0.718. The SMILES string of the molecule is CCC1CCCc2c1[nH]c1ccc(Cl)cc21. The lowest BCUT2D eigenvalue weighted by molar-refractivity contribution is 0.532. The van der Waals surface area contributed by atoms with Gasteiger partial charge in [0, 0.05) is 21.6 Å². The van der Waals surface area contributed by atoms with Crippen LogP contribution >= 0.6 is 11.6 Å². The van der Waals surface area contributed by atoms with Crippen molar-refractivity contribution in [2.24, 2.45) is 0 Å². The molecule has 1 aliphatic carbocycles. The number of hydrogen-bond donors (Lipinski definition) is 1. The van der Waals surface area contributed by atoms with Crippen LogP contribution in [0.5, 0.6) is 0 Å². The fourth-order valence-electron chi connectivity index (χ4n) is 2.94. The smallest absolute Gasteiger partial charge is 0.0460 e. The average molecular weight is 234 g/mol. The number of fused-ring (bicyclic) bond motifs is 3. The first-order chi connectivity index (χ1) is 7.79. The van der Waals surface area contributed by atoms with Gasteiger partial charge in [0.05, 0.1) is 0 Å². The van der Waals surface area contributed by atoms with Gasteiger partial charge in [0.15, 0.2) is 0 Å². The molecule has 16 heavy (non-hydrogen) atoms. The number of nitrogens with one attached hydrogen (secondary N) is 1. The first kappa shape index (κ1) is 10.2. The normalized spacial score (nSPS) is 20.0. The molecule has 1 unspecified atom stereocenters. The molecule has 0 spiro atoms. The maximum Gasteiger partial charge on any atom is 0.0460 e. The van der Waals surface area contributed by atoms with E-state index in [1.165, 1.54) is 47.8 Å². The van der Waals surface area contributed by atoms with Crippen molar-refractivity contribution in [2.75, 3.05) is 0 Å². The van der Waals surface area contributed by atoms with E-state index in [1.807, 2.05) is 6.07 Å². The number of halogens is 1. The lowest BCUT2D eigenvalue weighted by atomic mass is 9.85. The van der Waals surface area contributed by atoms with Crippen LogP contribution < -0.4 is 0 Å². The number of benzene rings is 1. The molecule has 1 aromatic carbocycles. The molecule has 0 bridgehead atoms. The zero-order chi connectivity index (χ0) is 11.1. The van der Waals surface area contributed by atoms with Crippen LogP contribution in [-0.4, -0.2) is 4.98 Å². The third kappa shape index (κ3) is 1.46. The van der Waals surface area contributed by atoms with E-state index < -0.39 is 0 Å². The van der Waals surface area contributed by atoms with Gasteiger partial charge >= 0.3 is 0 Å². The van der Waals surface area contributed by atoms with Crippen molar-refractivity contribution < 1.29 is 0 Å². The standard InChI is InChI=1S/C14H16ClN/c1-2-9-4-3-5-11-12-8-10(15)6-7-13(12)16-14(9)11/h6-9,16H,2-5H2,1H3. The number of rotatable bonds is 1. The molecular weight excluding hydrogens is 218 g/mol. The van der Waals surface area contributed by atoms with Crippen molar-refractivity contribution in [3.63, 3.8) is 0 Å². The van der Waals surface area contributed by atoms with E-state index in [1.54, 1.807) is 0 Å². The van der Waals surface area contributed by atoms with Crippen molar-refractivity contribution in [3.8, 4) is 0 Å². The minimum absolute atomic E-state index is 0.718. The molecule has 2 heteroatoms. The van der Waals surface area contributed by atoms with Gasteiger partial charge in [-0.2, -0.15) is 0 Å². The molecule has 0 fully saturated rings.